The Balaban J connectivity index is 2.59. The van der Waals surface area contributed by atoms with Crippen LogP contribution in [0.5, 0.6) is 0 Å². The Kier molecular flexibility index (Phi) is 3.19. The second-order valence-electron chi connectivity index (χ2n) is 2.29. The van der Waals surface area contributed by atoms with Gasteiger partial charge in [-0.25, -0.2) is 4.98 Å². The second kappa shape index (κ2) is 4.18. The van der Waals surface area contributed by atoms with Gasteiger partial charge in [-0.1, -0.05) is 0 Å². The predicted molar refractivity (Wildman–Crippen MR) is 46.2 cm³/mol. The number of amides is 1. The summed E-state index contributed by atoms with van der Waals surface area (Å²) in [6.07, 6.45) is 1.59. The number of likely N-dealkylation sites (N-methyl/N-ethyl adjacent to an activating group) is 1. The highest BCUT2D eigenvalue weighted by molar-refractivity contribution is 7.11. The molecule has 0 aromatic carbocycles. The highest BCUT2D eigenvalue weighted by Crippen LogP contribution is 2.06. The fourth-order valence-corrected chi connectivity index (χ4v) is 1.37. The van der Waals surface area contributed by atoms with Crippen molar-refractivity contribution in [3.05, 3.63) is 16.6 Å². The Morgan fingerprint density at radius 2 is 2.58 bits per heavy atom. The molecule has 66 valence electrons. The molecule has 1 aromatic rings. The van der Waals surface area contributed by atoms with E-state index in [-0.39, 0.29) is 12.5 Å². The van der Waals surface area contributed by atoms with Crippen LogP contribution in [0.25, 0.3) is 0 Å². The molecule has 0 spiro atoms. The van der Waals surface area contributed by atoms with E-state index in [9.17, 15) is 4.79 Å². The number of hydrogen-bond acceptors (Lipinski definition) is 4. The third-order valence-corrected chi connectivity index (χ3v) is 2.16. The first-order valence-electron chi connectivity index (χ1n) is 3.51. The maximum atomic E-state index is 11.4. The van der Waals surface area contributed by atoms with E-state index in [0.29, 0.717) is 11.6 Å². The van der Waals surface area contributed by atoms with Gasteiger partial charge < -0.3 is 10.0 Å². The summed E-state index contributed by atoms with van der Waals surface area (Å²) in [5.74, 6) is -0.140. The highest BCUT2D eigenvalue weighted by atomic mass is 32.1. The number of aliphatic hydroxyl groups excluding tert-OH is 1. The van der Waals surface area contributed by atoms with Crippen LogP contribution >= 0.6 is 11.3 Å². The van der Waals surface area contributed by atoms with E-state index in [1.165, 1.54) is 16.2 Å². The Hall–Kier alpha value is -0.940. The summed E-state index contributed by atoms with van der Waals surface area (Å²) in [5.41, 5.74) is 0. The van der Waals surface area contributed by atoms with Gasteiger partial charge in [0.15, 0.2) is 5.01 Å². The summed E-state index contributed by atoms with van der Waals surface area (Å²) in [6, 6.07) is 0. The molecule has 0 fully saturated rings. The lowest BCUT2D eigenvalue weighted by molar-refractivity contribution is 0.0766. The molecule has 0 saturated carbocycles. The summed E-state index contributed by atoms with van der Waals surface area (Å²) in [6.45, 7) is 0.325. The molecule has 0 aliphatic rings. The van der Waals surface area contributed by atoms with Crippen LogP contribution in [-0.2, 0) is 0 Å². The molecule has 1 heterocycles. The number of carbonyl (C=O) groups excluding carboxylic acids is 1. The largest absolute Gasteiger partial charge is 0.395 e. The zero-order valence-electron chi connectivity index (χ0n) is 6.73. The van der Waals surface area contributed by atoms with Crippen molar-refractivity contribution in [1.29, 1.82) is 0 Å². The van der Waals surface area contributed by atoms with Crippen molar-refractivity contribution >= 4 is 17.2 Å². The molecule has 0 radical (unpaired) electrons. The lowest BCUT2D eigenvalue weighted by atomic mass is 10.5. The Labute approximate surface area is 74.5 Å². The Morgan fingerprint density at radius 1 is 1.83 bits per heavy atom. The van der Waals surface area contributed by atoms with Crippen LogP contribution in [0.1, 0.15) is 9.80 Å². The number of thiazole rings is 1. The quantitative estimate of drug-likeness (QED) is 0.734. The lowest BCUT2D eigenvalue weighted by Crippen LogP contribution is -2.29. The molecule has 1 rings (SSSR count). The third-order valence-electron chi connectivity index (χ3n) is 1.40. The Bertz CT molecular complexity index is 248. The average Bonchev–Trinajstić information content (AvgIpc) is 2.55. The molecule has 5 heteroatoms. The smallest absolute Gasteiger partial charge is 0.282 e. The molecule has 0 unspecified atom stereocenters. The Morgan fingerprint density at radius 3 is 3.08 bits per heavy atom. The van der Waals surface area contributed by atoms with Crippen LogP contribution < -0.4 is 0 Å². The monoisotopic (exact) mass is 186 g/mol. The summed E-state index contributed by atoms with van der Waals surface area (Å²) in [5, 5.41) is 10.8. The molecule has 0 aliphatic heterocycles. The number of rotatable bonds is 3. The third kappa shape index (κ3) is 2.02. The van der Waals surface area contributed by atoms with E-state index < -0.39 is 0 Å². The van der Waals surface area contributed by atoms with E-state index in [1.54, 1.807) is 18.6 Å². The molecule has 0 saturated heterocycles. The summed E-state index contributed by atoms with van der Waals surface area (Å²) < 4.78 is 0. The van der Waals surface area contributed by atoms with E-state index >= 15 is 0 Å². The van der Waals surface area contributed by atoms with Crippen LogP contribution in [-0.4, -0.2) is 41.1 Å². The minimum atomic E-state index is -0.140. The van der Waals surface area contributed by atoms with Crippen molar-refractivity contribution in [2.45, 2.75) is 0 Å². The molecular weight excluding hydrogens is 176 g/mol. The lowest BCUT2D eigenvalue weighted by Gasteiger charge is -2.12. The van der Waals surface area contributed by atoms with Crippen molar-refractivity contribution in [2.75, 3.05) is 20.2 Å². The number of hydrogen-bond donors (Lipinski definition) is 1. The van der Waals surface area contributed by atoms with Gasteiger partial charge in [0.05, 0.1) is 6.61 Å². The van der Waals surface area contributed by atoms with Crippen molar-refractivity contribution in [3.8, 4) is 0 Å². The number of nitrogens with zero attached hydrogens (tertiary/aromatic N) is 2. The van der Waals surface area contributed by atoms with Crippen molar-refractivity contribution in [1.82, 2.24) is 9.88 Å². The molecular formula is C7H10N2O2S. The van der Waals surface area contributed by atoms with Gasteiger partial charge in [0, 0.05) is 25.2 Å². The standard InChI is InChI=1S/C7H10N2O2S/c1-9(3-4-10)7(11)6-8-2-5-12-6/h2,5,10H,3-4H2,1H3. The van der Waals surface area contributed by atoms with Crippen LogP contribution in [0.3, 0.4) is 0 Å². The average molecular weight is 186 g/mol. The minimum Gasteiger partial charge on any atom is -0.395 e. The zero-order valence-corrected chi connectivity index (χ0v) is 7.54. The van der Waals surface area contributed by atoms with Crippen molar-refractivity contribution in [3.63, 3.8) is 0 Å². The molecule has 4 nitrogen and oxygen atoms in total. The second-order valence-corrected chi connectivity index (χ2v) is 3.18. The molecule has 12 heavy (non-hydrogen) atoms. The number of aromatic nitrogens is 1. The minimum absolute atomic E-state index is 0.0202. The topological polar surface area (TPSA) is 53.4 Å². The van der Waals surface area contributed by atoms with Gasteiger partial charge in [-0.05, 0) is 0 Å². The van der Waals surface area contributed by atoms with E-state index in [2.05, 4.69) is 4.98 Å². The zero-order chi connectivity index (χ0) is 8.97. The van der Waals surface area contributed by atoms with Gasteiger partial charge in [0.2, 0.25) is 0 Å². The normalized spacial score (nSPS) is 9.83. The summed E-state index contributed by atoms with van der Waals surface area (Å²) in [7, 11) is 1.64. The van der Waals surface area contributed by atoms with Gasteiger partial charge in [0.1, 0.15) is 0 Å². The number of carbonyl (C=O) groups is 1. The van der Waals surface area contributed by atoms with E-state index in [1.807, 2.05) is 0 Å². The molecule has 0 bridgehead atoms. The first kappa shape index (κ1) is 9.15. The maximum Gasteiger partial charge on any atom is 0.282 e. The van der Waals surface area contributed by atoms with Gasteiger partial charge in [0.25, 0.3) is 5.91 Å². The fraction of sp³-hybridized carbons (Fsp3) is 0.429. The summed E-state index contributed by atoms with van der Waals surface area (Å²) in [4.78, 5) is 16.7. The van der Waals surface area contributed by atoms with Gasteiger partial charge in [-0.2, -0.15) is 0 Å². The molecule has 1 amide bonds. The molecule has 1 N–H and O–H groups in total. The molecule has 1 aromatic heterocycles. The van der Waals surface area contributed by atoms with Crippen LogP contribution in [0, 0.1) is 0 Å². The van der Waals surface area contributed by atoms with Gasteiger partial charge in [-0.15, -0.1) is 11.3 Å². The van der Waals surface area contributed by atoms with Crippen molar-refractivity contribution < 1.29 is 9.90 Å². The van der Waals surface area contributed by atoms with Crippen LogP contribution in [0.4, 0.5) is 0 Å². The first-order valence-corrected chi connectivity index (χ1v) is 4.39. The number of aliphatic hydroxyl groups is 1. The first-order chi connectivity index (χ1) is 5.75. The SMILES string of the molecule is CN(CCO)C(=O)c1nccs1. The fourth-order valence-electron chi connectivity index (χ4n) is 0.744. The van der Waals surface area contributed by atoms with Gasteiger partial charge in [-0.3, -0.25) is 4.79 Å². The van der Waals surface area contributed by atoms with Crippen molar-refractivity contribution in [2.24, 2.45) is 0 Å². The predicted octanol–water partition coefficient (Wildman–Crippen LogP) is 0.207. The van der Waals surface area contributed by atoms with Crippen LogP contribution in [0.15, 0.2) is 11.6 Å². The van der Waals surface area contributed by atoms with E-state index in [4.69, 9.17) is 5.11 Å². The van der Waals surface area contributed by atoms with Gasteiger partial charge >= 0.3 is 0 Å². The highest BCUT2D eigenvalue weighted by Gasteiger charge is 2.12. The molecule has 0 aliphatic carbocycles. The molecule has 0 atom stereocenters. The maximum absolute atomic E-state index is 11.4. The van der Waals surface area contributed by atoms with Crippen LogP contribution in [0.2, 0.25) is 0 Å². The van der Waals surface area contributed by atoms with E-state index in [0.717, 1.165) is 0 Å². The summed E-state index contributed by atoms with van der Waals surface area (Å²) >= 11 is 1.30.